The van der Waals surface area contributed by atoms with Gasteiger partial charge in [-0.1, -0.05) is 43.7 Å². The van der Waals surface area contributed by atoms with E-state index in [0.717, 1.165) is 6.42 Å². The molecule has 3 rings (SSSR count). The number of hydrogen-bond donors (Lipinski definition) is 1. The molecule has 3 atom stereocenters. The second-order valence-electron chi connectivity index (χ2n) is 7.77. The summed E-state index contributed by atoms with van der Waals surface area (Å²) in [6.07, 6.45) is 9.33. The molecule has 2 N–H and O–H groups in total. The number of amides is 1. The van der Waals surface area contributed by atoms with Crippen LogP contribution in [0.25, 0.3) is 0 Å². The van der Waals surface area contributed by atoms with Gasteiger partial charge >= 0.3 is 0 Å². The highest BCUT2D eigenvalue weighted by molar-refractivity contribution is 5.73. The molecule has 0 aliphatic heterocycles. The molecule has 1 aromatic carbocycles. The van der Waals surface area contributed by atoms with Gasteiger partial charge in [-0.25, -0.2) is 0 Å². The molecule has 1 unspecified atom stereocenters. The maximum Gasteiger partial charge on any atom is 0.217 e. The van der Waals surface area contributed by atoms with Gasteiger partial charge in [-0.3, -0.25) is 4.79 Å². The van der Waals surface area contributed by atoms with Crippen LogP contribution in [-0.4, -0.2) is 5.91 Å². The zero-order valence-corrected chi connectivity index (χ0v) is 13.1. The summed E-state index contributed by atoms with van der Waals surface area (Å²) in [5.74, 6) is 0.501. The van der Waals surface area contributed by atoms with Gasteiger partial charge in [-0.2, -0.15) is 0 Å². The monoisotopic (exact) mass is 285 g/mol. The van der Waals surface area contributed by atoms with Crippen molar-refractivity contribution in [2.75, 3.05) is 0 Å². The standard InChI is InChI=1S/C19H27NO/c1-18-10-5-11-19(14-18,16-6-3-2-4-7-16)13-15(12-18)8-9-17(20)21/h2-4,6-7,15H,5,8-14H2,1H3,(H2,20,21)/t15?,18-,19-/m1/s1. The minimum absolute atomic E-state index is 0.148. The molecule has 2 aliphatic rings. The second kappa shape index (κ2) is 5.47. The largest absolute Gasteiger partial charge is 0.370 e. The van der Waals surface area contributed by atoms with Gasteiger partial charge in [0.25, 0.3) is 0 Å². The van der Waals surface area contributed by atoms with Crippen molar-refractivity contribution in [2.24, 2.45) is 17.1 Å². The summed E-state index contributed by atoms with van der Waals surface area (Å²) in [4.78, 5) is 11.1. The summed E-state index contributed by atoms with van der Waals surface area (Å²) in [7, 11) is 0. The van der Waals surface area contributed by atoms with E-state index in [4.69, 9.17) is 5.73 Å². The third-order valence-corrected chi connectivity index (χ3v) is 5.85. The zero-order chi connectivity index (χ0) is 14.9. The molecule has 2 nitrogen and oxygen atoms in total. The maximum atomic E-state index is 11.1. The van der Waals surface area contributed by atoms with Gasteiger partial charge in [0.2, 0.25) is 5.91 Å². The Morgan fingerprint density at radius 3 is 2.71 bits per heavy atom. The third kappa shape index (κ3) is 3.00. The van der Waals surface area contributed by atoms with Crippen LogP contribution in [0, 0.1) is 11.3 Å². The summed E-state index contributed by atoms with van der Waals surface area (Å²) in [5.41, 5.74) is 7.67. The molecule has 0 radical (unpaired) electrons. The predicted octanol–water partition coefficient (Wildman–Crippen LogP) is 4.18. The van der Waals surface area contributed by atoms with E-state index in [0.29, 0.717) is 23.2 Å². The molecule has 0 aromatic heterocycles. The van der Waals surface area contributed by atoms with E-state index in [2.05, 4.69) is 37.3 Å². The van der Waals surface area contributed by atoms with Crippen molar-refractivity contribution in [2.45, 2.75) is 63.7 Å². The lowest BCUT2D eigenvalue weighted by Gasteiger charge is -2.54. The fourth-order valence-corrected chi connectivity index (χ4v) is 5.22. The second-order valence-corrected chi connectivity index (χ2v) is 7.77. The van der Waals surface area contributed by atoms with Crippen molar-refractivity contribution < 1.29 is 4.79 Å². The van der Waals surface area contributed by atoms with Crippen LogP contribution in [0.2, 0.25) is 0 Å². The summed E-state index contributed by atoms with van der Waals surface area (Å²) in [5, 5.41) is 0. The Morgan fingerprint density at radius 2 is 2.00 bits per heavy atom. The summed E-state index contributed by atoms with van der Waals surface area (Å²) in [6, 6.07) is 11.1. The smallest absolute Gasteiger partial charge is 0.217 e. The molecule has 2 heteroatoms. The first-order valence-electron chi connectivity index (χ1n) is 8.35. The van der Waals surface area contributed by atoms with Crippen LogP contribution in [0.5, 0.6) is 0 Å². The number of nitrogens with two attached hydrogens (primary N) is 1. The quantitative estimate of drug-likeness (QED) is 0.886. The van der Waals surface area contributed by atoms with Gasteiger partial charge in [0.05, 0.1) is 0 Å². The highest BCUT2D eigenvalue weighted by Crippen LogP contribution is 2.58. The molecule has 114 valence electrons. The van der Waals surface area contributed by atoms with Crippen molar-refractivity contribution in [3.8, 4) is 0 Å². The van der Waals surface area contributed by atoms with E-state index < -0.39 is 0 Å². The Kier molecular flexibility index (Phi) is 3.81. The SMILES string of the molecule is C[C@@]12CCC[C@@](c3ccccc3)(CC(CCC(N)=O)C1)C2. The van der Waals surface area contributed by atoms with Gasteiger partial charge in [0.15, 0.2) is 0 Å². The summed E-state index contributed by atoms with van der Waals surface area (Å²) in [6.45, 7) is 2.46. The first kappa shape index (κ1) is 14.6. The number of hydrogen-bond acceptors (Lipinski definition) is 1. The number of primary amides is 1. The topological polar surface area (TPSA) is 43.1 Å². The summed E-state index contributed by atoms with van der Waals surface area (Å²) < 4.78 is 0. The van der Waals surface area contributed by atoms with Crippen LogP contribution < -0.4 is 5.73 Å². The average Bonchev–Trinajstić information content (AvgIpc) is 2.45. The fourth-order valence-electron chi connectivity index (χ4n) is 5.22. The predicted molar refractivity (Wildman–Crippen MR) is 85.8 cm³/mol. The van der Waals surface area contributed by atoms with Crippen molar-refractivity contribution in [1.82, 2.24) is 0 Å². The molecule has 2 saturated carbocycles. The number of rotatable bonds is 4. The molecule has 2 fully saturated rings. The van der Waals surface area contributed by atoms with Crippen LogP contribution in [0.15, 0.2) is 30.3 Å². The van der Waals surface area contributed by atoms with E-state index in [1.54, 1.807) is 0 Å². The molecule has 0 saturated heterocycles. The van der Waals surface area contributed by atoms with E-state index in [9.17, 15) is 4.79 Å². The Morgan fingerprint density at radius 1 is 1.24 bits per heavy atom. The third-order valence-electron chi connectivity index (χ3n) is 5.85. The molecule has 21 heavy (non-hydrogen) atoms. The lowest BCUT2D eigenvalue weighted by atomic mass is 9.50. The first-order chi connectivity index (χ1) is 10.0. The molecule has 1 aromatic rings. The molecule has 0 spiro atoms. The van der Waals surface area contributed by atoms with E-state index >= 15 is 0 Å². The van der Waals surface area contributed by atoms with Crippen LogP contribution in [0.4, 0.5) is 0 Å². The number of benzene rings is 1. The lowest BCUT2D eigenvalue weighted by molar-refractivity contribution is -0.118. The number of fused-ring (bicyclic) bond motifs is 2. The minimum atomic E-state index is -0.148. The van der Waals surface area contributed by atoms with Gasteiger partial charge in [0.1, 0.15) is 0 Å². The zero-order valence-electron chi connectivity index (χ0n) is 13.1. The molecular formula is C19H27NO. The van der Waals surface area contributed by atoms with Crippen molar-refractivity contribution in [3.05, 3.63) is 35.9 Å². The van der Waals surface area contributed by atoms with Crippen LogP contribution >= 0.6 is 0 Å². The van der Waals surface area contributed by atoms with E-state index in [-0.39, 0.29) is 5.91 Å². The van der Waals surface area contributed by atoms with E-state index in [1.165, 1.54) is 44.1 Å². The number of carbonyl (C=O) groups is 1. The maximum absolute atomic E-state index is 11.1. The molecule has 1 amide bonds. The Hall–Kier alpha value is -1.31. The molecular weight excluding hydrogens is 258 g/mol. The van der Waals surface area contributed by atoms with E-state index in [1.807, 2.05) is 0 Å². The van der Waals surface area contributed by atoms with Crippen LogP contribution in [0.3, 0.4) is 0 Å². The molecule has 0 heterocycles. The van der Waals surface area contributed by atoms with Crippen LogP contribution in [0.1, 0.15) is 63.9 Å². The highest BCUT2D eigenvalue weighted by Gasteiger charge is 2.49. The summed E-state index contributed by atoms with van der Waals surface area (Å²) >= 11 is 0. The Labute approximate surface area is 128 Å². The van der Waals surface area contributed by atoms with Gasteiger partial charge < -0.3 is 5.73 Å². The van der Waals surface area contributed by atoms with Crippen molar-refractivity contribution in [1.29, 1.82) is 0 Å². The Bertz CT molecular complexity index is 512. The molecule has 2 aliphatic carbocycles. The minimum Gasteiger partial charge on any atom is -0.370 e. The highest BCUT2D eigenvalue weighted by atomic mass is 16.1. The lowest BCUT2D eigenvalue weighted by Crippen LogP contribution is -2.45. The normalized spacial score (nSPS) is 35.4. The fraction of sp³-hybridized carbons (Fsp3) is 0.632. The van der Waals surface area contributed by atoms with Gasteiger partial charge in [0, 0.05) is 6.42 Å². The average molecular weight is 285 g/mol. The van der Waals surface area contributed by atoms with Gasteiger partial charge in [-0.05, 0) is 60.8 Å². The van der Waals surface area contributed by atoms with Crippen LogP contribution in [-0.2, 0) is 10.2 Å². The first-order valence-corrected chi connectivity index (χ1v) is 8.35. The molecule has 2 bridgehead atoms. The Balaban J connectivity index is 1.86. The van der Waals surface area contributed by atoms with Crippen molar-refractivity contribution in [3.63, 3.8) is 0 Å². The number of carbonyl (C=O) groups excluding carboxylic acids is 1. The van der Waals surface area contributed by atoms with Gasteiger partial charge in [-0.15, -0.1) is 0 Å². The van der Waals surface area contributed by atoms with Crippen molar-refractivity contribution >= 4 is 5.91 Å².